The first kappa shape index (κ1) is 14.5. The Bertz CT molecular complexity index is 389. The van der Waals surface area contributed by atoms with E-state index in [4.69, 9.17) is 0 Å². The second-order valence-electron chi connectivity index (χ2n) is 5.76. The number of nitrogens with one attached hydrogen (secondary N) is 1. The van der Waals surface area contributed by atoms with E-state index in [2.05, 4.69) is 54.3 Å². The molecule has 1 aliphatic rings. The highest BCUT2D eigenvalue weighted by Crippen LogP contribution is 2.23. The maximum absolute atomic E-state index is 4.61. The van der Waals surface area contributed by atoms with Crippen LogP contribution in [0.2, 0.25) is 0 Å². The van der Waals surface area contributed by atoms with Crippen LogP contribution in [0.3, 0.4) is 0 Å². The lowest BCUT2D eigenvalue weighted by Crippen LogP contribution is -2.42. The van der Waals surface area contributed by atoms with Gasteiger partial charge >= 0.3 is 0 Å². The van der Waals surface area contributed by atoms with Crippen molar-refractivity contribution in [3.05, 3.63) is 29.6 Å². The van der Waals surface area contributed by atoms with E-state index >= 15 is 0 Å². The molecule has 3 nitrogen and oxygen atoms in total. The Morgan fingerprint density at radius 1 is 1.37 bits per heavy atom. The van der Waals surface area contributed by atoms with Crippen molar-refractivity contribution >= 4 is 0 Å². The van der Waals surface area contributed by atoms with Gasteiger partial charge in [-0.2, -0.15) is 0 Å². The third kappa shape index (κ3) is 4.29. The Hall–Kier alpha value is -0.930. The largest absolute Gasteiger partial charge is 0.314 e. The molecule has 1 aromatic heterocycles. The van der Waals surface area contributed by atoms with Gasteiger partial charge in [-0.15, -0.1) is 0 Å². The Balaban J connectivity index is 1.90. The number of aryl methyl sites for hydroxylation is 1. The molecule has 0 radical (unpaired) electrons. The highest BCUT2D eigenvalue weighted by molar-refractivity contribution is 5.09. The summed E-state index contributed by atoms with van der Waals surface area (Å²) in [6.07, 6.45) is 5.27. The second-order valence-corrected chi connectivity index (χ2v) is 5.76. The molecular formula is C16H27N3. The first-order valence-electron chi connectivity index (χ1n) is 7.55. The average molecular weight is 261 g/mol. The van der Waals surface area contributed by atoms with Gasteiger partial charge in [0.15, 0.2) is 0 Å². The normalized spacial score (nSPS) is 23.8. The van der Waals surface area contributed by atoms with Crippen molar-refractivity contribution in [3.8, 4) is 0 Å². The van der Waals surface area contributed by atoms with E-state index in [-0.39, 0.29) is 0 Å². The highest BCUT2D eigenvalue weighted by Gasteiger charge is 2.24. The summed E-state index contributed by atoms with van der Waals surface area (Å²) in [5, 5.41) is 3.60. The van der Waals surface area contributed by atoms with E-state index in [0.29, 0.717) is 12.1 Å². The van der Waals surface area contributed by atoms with E-state index < -0.39 is 0 Å². The fraction of sp³-hybridized carbons (Fsp3) is 0.688. The molecule has 3 heteroatoms. The summed E-state index contributed by atoms with van der Waals surface area (Å²) in [6.45, 7) is 6.31. The second kappa shape index (κ2) is 7.01. The lowest BCUT2D eigenvalue weighted by Gasteiger charge is -2.35. The van der Waals surface area contributed by atoms with Crippen molar-refractivity contribution in [2.75, 3.05) is 13.6 Å². The Morgan fingerprint density at radius 2 is 2.21 bits per heavy atom. The zero-order valence-electron chi connectivity index (χ0n) is 12.5. The summed E-state index contributed by atoms with van der Waals surface area (Å²) >= 11 is 0. The molecule has 0 bridgehead atoms. The molecule has 0 spiro atoms. The van der Waals surface area contributed by atoms with Crippen LogP contribution in [-0.4, -0.2) is 35.6 Å². The molecule has 0 aromatic carbocycles. The van der Waals surface area contributed by atoms with Gasteiger partial charge in [0.05, 0.1) is 5.69 Å². The minimum atomic E-state index is 0.695. The minimum Gasteiger partial charge on any atom is -0.314 e. The van der Waals surface area contributed by atoms with E-state index in [9.17, 15) is 0 Å². The molecule has 106 valence electrons. The molecule has 0 aliphatic heterocycles. The van der Waals surface area contributed by atoms with Crippen LogP contribution in [0.15, 0.2) is 18.2 Å². The molecule has 1 saturated carbocycles. The molecule has 2 atom stereocenters. The molecule has 2 unspecified atom stereocenters. The molecule has 0 saturated heterocycles. The first-order chi connectivity index (χ1) is 9.19. The zero-order valence-corrected chi connectivity index (χ0v) is 12.5. The average Bonchev–Trinajstić information content (AvgIpc) is 2.39. The van der Waals surface area contributed by atoms with Crippen LogP contribution in [0.4, 0.5) is 0 Å². The smallest absolute Gasteiger partial charge is 0.0547 e. The molecule has 1 aromatic rings. The van der Waals surface area contributed by atoms with Gasteiger partial charge in [-0.1, -0.05) is 19.4 Å². The van der Waals surface area contributed by atoms with Crippen LogP contribution in [0, 0.1) is 6.92 Å². The van der Waals surface area contributed by atoms with E-state index in [1.165, 1.54) is 31.4 Å². The molecule has 1 N–H and O–H groups in total. The van der Waals surface area contributed by atoms with Gasteiger partial charge in [0.25, 0.3) is 0 Å². The van der Waals surface area contributed by atoms with Crippen molar-refractivity contribution in [2.45, 2.75) is 58.2 Å². The molecule has 19 heavy (non-hydrogen) atoms. The van der Waals surface area contributed by atoms with Gasteiger partial charge in [-0.3, -0.25) is 9.88 Å². The maximum atomic E-state index is 4.61. The van der Waals surface area contributed by atoms with E-state index in [1.807, 2.05) is 0 Å². The Labute approximate surface area is 117 Å². The van der Waals surface area contributed by atoms with Crippen LogP contribution < -0.4 is 5.32 Å². The number of hydrogen-bond donors (Lipinski definition) is 1. The fourth-order valence-electron chi connectivity index (χ4n) is 3.11. The lowest BCUT2D eigenvalue weighted by atomic mass is 9.90. The zero-order chi connectivity index (χ0) is 13.7. The summed E-state index contributed by atoms with van der Waals surface area (Å²) in [7, 11) is 2.24. The predicted octanol–water partition coefficient (Wildman–Crippen LogP) is 2.74. The van der Waals surface area contributed by atoms with Crippen LogP contribution in [-0.2, 0) is 6.54 Å². The van der Waals surface area contributed by atoms with Crippen LogP contribution in [0.1, 0.15) is 44.0 Å². The summed E-state index contributed by atoms with van der Waals surface area (Å²) in [4.78, 5) is 7.08. The maximum Gasteiger partial charge on any atom is 0.0547 e. The summed E-state index contributed by atoms with van der Waals surface area (Å²) < 4.78 is 0. The standard InChI is InChI=1S/C16H27N3/c1-4-17-14-8-6-10-16(11-14)19(3)12-15-9-5-7-13(2)18-15/h5,7,9,14,16-17H,4,6,8,10-12H2,1-3H3. The first-order valence-corrected chi connectivity index (χ1v) is 7.55. The van der Waals surface area contributed by atoms with Crippen molar-refractivity contribution in [1.29, 1.82) is 0 Å². The van der Waals surface area contributed by atoms with Crippen molar-refractivity contribution in [3.63, 3.8) is 0 Å². The SMILES string of the molecule is CCNC1CCCC(N(C)Cc2cccc(C)n2)C1. The topological polar surface area (TPSA) is 28.2 Å². The van der Waals surface area contributed by atoms with Crippen molar-refractivity contribution in [1.82, 2.24) is 15.2 Å². The number of aromatic nitrogens is 1. The lowest BCUT2D eigenvalue weighted by molar-refractivity contribution is 0.162. The predicted molar refractivity (Wildman–Crippen MR) is 80.2 cm³/mol. The van der Waals surface area contributed by atoms with Gasteiger partial charge in [-0.05, 0) is 51.9 Å². The highest BCUT2D eigenvalue weighted by atomic mass is 15.1. The summed E-state index contributed by atoms with van der Waals surface area (Å²) in [5.74, 6) is 0. The molecule has 1 fully saturated rings. The van der Waals surface area contributed by atoms with Gasteiger partial charge < -0.3 is 5.32 Å². The van der Waals surface area contributed by atoms with Crippen LogP contribution in [0.5, 0.6) is 0 Å². The van der Waals surface area contributed by atoms with Crippen molar-refractivity contribution in [2.24, 2.45) is 0 Å². The van der Waals surface area contributed by atoms with Crippen LogP contribution >= 0.6 is 0 Å². The van der Waals surface area contributed by atoms with Gasteiger partial charge in [0, 0.05) is 24.3 Å². The summed E-state index contributed by atoms with van der Waals surface area (Å²) in [5.41, 5.74) is 2.30. The minimum absolute atomic E-state index is 0.695. The van der Waals surface area contributed by atoms with Crippen LogP contribution in [0.25, 0.3) is 0 Å². The molecule has 1 heterocycles. The number of rotatable bonds is 5. The molecule has 0 amide bonds. The molecular weight excluding hydrogens is 234 g/mol. The Kier molecular flexibility index (Phi) is 5.34. The third-order valence-electron chi connectivity index (χ3n) is 4.12. The van der Waals surface area contributed by atoms with Crippen molar-refractivity contribution < 1.29 is 0 Å². The molecule has 2 rings (SSSR count). The van der Waals surface area contributed by atoms with Gasteiger partial charge in [0.2, 0.25) is 0 Å². The van der Waals surface area contributed by atoms with E-state index in [0.717, 1.165) is 18.8 Å². The number of pyridine rings is 1. The monoisotopic (exact) mass is 261 g/mol. The quantitative estimate of drug-likeness (QED) is 0.883. The fourth-order valence-corrected chi connectivity index (χ4v) is 3.11. The van der Waals surface area contributed by atoms with Gasteiger partial charge in [0.1, 0.15) is 0 Å². The number of hydrogen-bond acceptors (Lipinski definition) is 3. The number of nitrogens with zero attached hydrogens (tertiary/aromatic N) is 2. The summed E-state index contributed by atoms with van der Waals surface area (Å²) in [6, 6.07) is 7.70. The third-order valence-corrected chi connectivity index (χ3v) is 4.12. The molecule has 1 aliphatic carbocycles. The van der Waals surface area contributed by atoms with E-state index in [1.54, 1.807) is 0 Å². The van der Waals surface area contributed by atoms with Gasteiger partial charge in [-0.25, -0.2) is 0 Å². The Morgan fingerprint density at radius 3 is 2.95 bits per heavy atom.